The maximum atomic E-state index is 11.7. The van der Waals surface area contributed by atoms with Crippen molar-refractivity contribution in [2.45, 2.75) is 32.8 Å². The Hall–Kier alpha value is -1.30. The van der Waals surface area contributed by atoms with Gasteiger partial charge in [0.25, 0.3) is 0 Å². The number of hydrogen-bond donors (Lipinski definition) is 0. The van der Waals surface area contributed by atoms with E-state index >= 15 is 0 Å². The number of carbonyl (C=O) groups excluding carboxylic acids is 1. The van der Waals surface area contributed by atoms with Gasteiger partial charge in [0.2, 0.25) is 0 Å². The molecule has 0 saturated carbocycles. The summed E-state index contributed by atoms with van der Waals surface area (Å²) in [6.07, 6.45) is 3.74. The molecule has 1 rings (SSSR count). The van der Waals surface area contributed by atoms with Crippen LogP contribution < -0.4 is 4.74 Å². The number of carbonyl (C=O) groups is 1. The molecule has 20 heavy (non-hydrogen) atoms. The molecule has 0 aliphatic heterocycles. The Bertz CT molecular complexity index is 446. The fourth-order valence-electron chi connectivity index (χ4n) is 1.38. The number of amides is 1. The van der Waals surface area contributed by atoms with Crippen LogP contribution in [0.3, 0.4) is 0 Å². The minimum absolute atomic E-state index is 0.319. The summed E-state index contributed by atoms with van der Waals surface area (Å²) in [5.74, 6) is 0.701. The lowest BCUT2D eigenvalue weighted by Gasteiger charge is -2.24. The first kappa shape index (κ1) is 16.8. The molecule has 0 aliphatic rings. The van der Waals surface area contributed by atoms with Crippen molar-refractivity contribution < 1.29 is 14.3 Å². The molecule has 0 aliphatic carbocycles. The first-order valence-corrected chi connectivity index (χ1v) is 7.25. The van der Waals surface area contributed by atoms with E-state index in [0.29, 0.717) is 18.9 Å². The lowest BCUT2D eigenvalue weighted by molar-refractivity contribution is 0.0292. The summed E-state index contributed by atoms with van der Waals surface area (Å²) in [7, 11) is 1.72. The highest BCUT2D eigenvalue weighted by Gasteiger charge is 2.19. The molecular formula is C14H21BrN2O3. The first-order chi connectivity index (χ1) is 9.29. The van der Waals surface area contributed by atoms with Gasteiger partial charge in [-0.05, 0) is 49.2 Å². The van der Waals surface area contributed by atoms with Crippen molar-refractivity contribution in [3.8, 4) is 5.75 Å². The van der Waals surface area contributed by atoms with Crippen molar-refractivity contribution in [2.75, 3.05) is 20.2 Å². The van der Waals surface area contributed by atoms with Crippen molar-refractivity contribution in [1.29, 1.82) is 0 Å². The minimum atomic E-state index is -0.470. The molecule has 6 heteroatoms. The second-order valence-corrected chi connectivity index (χ2v) is 6.26. The third kappa shape index (κ3) is 6.23. The third-order valence-corrected chi connectivity index (χ3v) is 2.99. The highest BCUT2D eigenvalue weighted by Crippen LogP contribution is 2.22. The molecule has 0 unspecified atom stereocenters. The van der Waals surface area contributed by atoms with Crippen molar-refractivity contribution in [1.82, 2.24) is 9.88 Å². The van der Waals surface area contributed by atoms with Gasteiger partial charge in [-0.2, -0.15) is 0 Å². The molecule has 1 aromatic heterocycles. The monoisotopic (exact) mass is 344 g/mol. The van der Waals surface area contributed by atoms with E-state index in [9.17, 15) is 4.79 Å². The second kappa shape index (κ2) is 7.47. The summed E-state index contributed by atoms with van der Waals surface area (Å²) in [4.78, 5) is 17.3. The molecule has 0 fully saturated rings. The van der Waals surface area contributed by atoms with Crippen LogP contribution in [-0.2, 0) is 4.74 Å². The first-order valence-electron chi connectivity index (χ1n) is 6.46. The maximum Gasteiger partial charge on any atom is 0.410 e. The number of rotatable bonds is 5. The molecule has 0 spiro atoms. The molecule has 0 aromatic carbocycles. The SMILES string of the molecule is CN(CCCOc1cnccc1Br)C(=O)OC(C)(C)C. The van der Waals surface area contributed by atoms with Gasteiger partial charge < -0.3 is 14.4 Å². The molecule has 0 bridgehead atoms. The van der Waals surface area contributed by atoms with Crippen LogP contribution in [0.25, 0.3) is 0 Å². The van der Waals surface area contributed by atoms with E-state index in [2.05, 4.69) is 20.9 Å². The Kier molecular flexibility index (Phi) is 6.26. The smallest absolute Gasteiger partial charge is 0.410 e. The molecule has 0 atom stereocenters. The van der Waals surface area contributed by atoms with E-state index in [4.69, 9.17) is 9.47 Å². The fraction of sp³-hybridized carbons (Fsp3) is 0.571. The highest BCUT2D eigenvalue weighted by atomic mass is 79.9. The number of nitrogens with zero attached hydrogens (tertiary/aromatic N) is 2. The Balaban J connectivity index is 2.27. The van der Waals surface area contributed by atoms with Crippen LogP contribution in [0.5, 0.6) is 5.75 Å². The van der Waals surface area contributed by atoms with Gasteiger partial charge in [0, 0.05) is 19.8 Å². The molecule has 1 heterocycles. The Morgan fingerprint density at radius 1 is 1.45 bits per heavy atom. The quantitative estimate of drug-likeness (QED) is 0.767. The van der Waals surface area contributed by atoms with Crippen molar-refractivity contribution in [3.05, 3.63) is 22.9 Å². The standard InChI is InChI=1S/C14H21BrN2O3/c1-14(2,3)20-13(18)17(4)8-5-9-19-12-10-16-7-6-11(12)15/h6-7,10H,5,8-9H2,1-4H3. The van der Waals surface area contributed by atoms with Gasteiger partial charge >= 0.3 is 6.09 Å². The van der Waals surface area contributed by atoms with Crippen LogP contribution in [-0.4, -0.2) is 41.8 Å². The van der Waals surface area contributed by atoms with Crippen molar-refractivity contribution in [2.24, 2.45) is 0 Å². The minimum Gasteiger partial charge on any atom is -0.491 e. The number of halogens is 1. The van der Waals surface area contributed by atoms with Crippen LogP contribution in [0.15, 0.2) is 22.9 Å². The summed E-state index contributed by atoms with van der Waals surface area (Å²) < 4.78 is 11.7. The Labute approximate surface area is 128 Å². The van der Waals surface area contributed by atoms with Crippen molar-refractivity contribution in [3.63, 3.8) is 0 Å². The zero-order valence-electron chi connectivity index (χ0n) is 12.4. The lowest BCUT2D eigenvalue weighted by atomic mass is 10.2. The van der Waals surface area contributed by atoms with Crippen LogP contribution in [0.1, 0.15) is 27.2 Å². The van der Waals surface area contributed by atoms with Gasteiger partial charge in [0.15, 0.2) is 5.75 Å². The maximum absolute atomic E-state index is 11.7. The normalized spacial score (nSPS) is 11.1. The molecule has 1 amide bonds. The zero-order chi connectivity index (χ0) is 15.2. The van der Waals surface area contributed by atoms with Crippen LogP contribution >= 0.6 is 15.9 Å². The number of pyridine rings is 1. The summed E-state index contributed by atoms with van der Waals surface area (Å²) in [6.45, 7) is 6.63. The van der Waals surface area contributed by atoms with Gasteiger partial charge in [0.1, 0.15) is 5.60 Å². The Morgan fingerprint density at radius 2 is 2.15 bits per heavy atom. The van der Waals surface area contributed by atoms with E-state index in [1.54, 1.807) is 24.3 Å². The van der Waals surface area contributed by atoms with Crippen LogP contribution in [0.4, 0.5) is 4.79 Å². The van der Waals surface area contributed by atoms with Gasteiger partial charge in [-0.1, -0.05) is 0 Å². The number of ether oxygens (including phenoxy) is 2. The molecular weight excluding hydrogens is 324 g/mol. The predicted octanol–water partition coefficient (Wildman–Crippen LogP) is 3.48. The summed E-state index contributed by atoms with van der Waals surface area (Å²) >= 11 is 3.38. The average molecular weight is 345 g/mol. The summed E-state index contributed by atoms with van der Waals surface area (Å²) in [5, 5.41) is 0. The third-order valence-electron chi connectivity index (χ3n) is 2.33. The molecule has 0 radical (unpaired) electrons. The fourth-order valence-corrected chi connectivity index (χ4v) is 1.72. The van der Waals surface area contributed by atoms with Gasteiger partial charge in [0.05, 0.1) is 17.3 Å². The summed E-state index contributed by atoms with van der Waals surface area (Å²) in [5.41, 5.74) is -0.470. The van der Waals surface area contributed by atoms with E-state index in [1.807, 2.05) is 26.8 Å². The lowest BCUT2D eigenvalue weighted by Crippen LogP contribution is -2.35. The van der Waals surface area contributed by atoms with Crippen molar-refractivity contribution >= 4 is 22.0 Å². The zero-order valence-corrected chi connectivity index (χ0v) is 13.9. The van der Waals surface area contributed by atoms with E-state index < -0.39 is 5.60 Å². The summed E-state index contributed by atoms with van der Waals surface area (Å²) in [6, 6.07) is 1.82. The molecule has 0 N–H and O–H groups in total. The number of aromatic nitrogens is 1. The van der Waals surface area contributed by atoms with Crippen LogP contribution in [0, 0.1) is 0 Å². The van der Waals surface area contributed by atoms with E-state index in [-0.39, 0.29) is 6.09 Å². The van der Waals surface area contributed by atoms with E-state index in [1.165, 1.54) is 0 Å². The number of hydrogen-bond acceptors (Lipinski definition) is 4. The highest BCUT2D eigenvalue weighted by molar-refractivity contribution is 9.10. The van der Waals surface area contributed by atoms with Gasteiger partial charge in [-0.25, -0.2) is 4.79 Å². The Morgan fingerprint density at radius 3 is 2.75 bits per heavy atom. The average Bonchev–Trinajstić information content (AvgIpc) is 2.34. The molecule has 0 saturated heterocycles. The predicted molar refractivity (Wildman–Crippen MR) is 80.9 cm³/mol. The van der Waals surface area contributed by atoms with Crippen LogP contribution in [0.2, 0.25) is 0 Å². The second-order valence-electron chi connectivity index (χ2n) is 5.41. The van der Waals surface area contributed by atoms with Gasteiger partial charge in [-0.15, -0.1) is 0 Å². The van der Waals surface area contributed by atoms with Gasteiger partial charge in [-0.3, -0.25) is 4.98 Å². The van der Waals surface area contributed by atoms with E-state index in [0.717, 1.165) is 10.9 Å². The molecule has 1 aromatic rings. The largest absolute Gasteiger partial charge is 0.491 e. The molecule has 5 nitrogen and oxygen atoms in total. The topological polar surface area (TPSA) is 51.7 Å². The molecule has 112 valence electrons.